The zero-order valence-electron chi connectivity index (χ0n) is 11.1. The monoisotopic (exact) mass is 273 g/mol. The summed E-state index contributed by atoms with van der Waals surface area (Å²) < 4.78 is 16.3. The predicted molar refractivity (Wildman–Crippen MR) is 74.4 cm³/mol. The number of aliphatic hydroxyl groups excluding tert-OH is 1. The number of pyridine rings is 1. The van der Waals surface area contributed by atoms with E-state index in [0.29, 0.717) is 29.8 Å². The van der Waals surface area contributed by atoms with Crippen LogP contribution in [0.5, 0.6) is 0 Å². The van der Waals surface area contributed by atoms with E-state index in [0.717, 1.165) is 18.4 Å². The lowest BCUT2D eigenvalue weighted by molar-refractivity contribution is 0.0735. The van der Waals surface area contributed by atoms with Crippen molar-refractivity contribution in [2.45, 2.75) is 43.7 Å². The van der Waals surface area contributed by atoms with E-state index in [-0.39, 0.29) is 23.3 Å². The number of rotatable bonds is 2. The van der Waals surface area contributed by atoms with Gasteiger partial charge in [-0.15, -0.1) is 0 Å². The average molecular weight is 273 g/mol. The second-order valence-electron chi connectivity index (χ2n) is 6.03. The van der Waals surface area contributed by atoms with Crippen LogP contribution in [0.25, 0.3) is 10.9 Å². The molecule has 0 aliphatic heterocycles. The summed E-state index contributed by atoms with van der Waals surface area (Å²) >= 11 is 0. The first-order valence-corrected chi connectivity index (χ1v) is 7.16. The minimum atomic E-state index is -0.319. The Bertz CT molecular complexity index is 742. The van der Waals surface area contributed by atoms with E-state index in [1.165, 1.54) is 12.1 Å². The minimum Gasteiger partial charge on any atom is -0.393 e. The molecule has 0 amide bonds. The van der Waals surface area contributed by atoms with Crippen LogP contribution < -0.4 is 5.43 Å². The predicted octanol–water partition coefficient (Wildman–Crippen LogP) is 2.71. The molecule has 0 unspecified atom stereocenters. The second kappa shape index (κ2) is 4.16. The van der Waals surface area contributed by atoms with Crippen LogP contribution in [0, 0.1) is 5.82 Å². The van der Waals surface area contributed by atoms with Gasteiger partial charge in [-0.05, 0) is 49.3 Å². The van der Waals surface area contributed by atoms with E-state index in [2.05, 4.69) is 4.57 Å². The molecule has 0 spiro atoms. The van der Waals surface area contributed by atoms with E-state index in [4.69, 9.17) is 0 Å². The largest absolute Gasteiger partial charge is 0.393 e. The molecule has 1 heterocycles. The summed E-state index contributed by atoms with van der Waals surface area (Å²) in [5.74, 6) is -0.239. The first-order valence-electron chi connectivity index (χ1n) is 7.16. The quantitative estimate of drug-likeness (QED) is 0.914. The van der Waals surface area contributed by atoms with Crippen molar-refractivity contribution in [1.29, 1.82) is 0 Å². The van der Waals surface area contributed by atoms with Gasteiger partial charge in [-0.2, -0.15) is 0 Å². The maximum absolute atomic E-state index is 14.2. The third kappa shape index (κ3) is 1.79. The summed E-state index contributed by atoms with van der Waals surface area (Å²) in [5.41, 5.74) is 1.34. The summed E-state index contributed by atoms with van der Waals surface area (Å²) in [6, 6.07) is 5.16. The number of benzene rings is 1. The summed E-state index contributed by atoms with van der Waals surface area (Å²) in [5, 5.41) is 9.86. The fraction of sp³-hybridized carbons (Fsp3) is 0.438. The van der Waals surface area contributed by atoms with E-state index in [9.17, 15) is 14.3 Å². The van der Waals surface area contributed by atoms with E-state index in [1.54, 1.807) is 0 Å². The number of hydrogen-bond donors (Lipinski definition) is 1. The Hall–Kier alpha value is -1.68. The Kier molecular flexibility index (Phi) is 2.51. The van der Waals surface area contributed by atoms with Crippen LogP contribution in [-0.2, 0) is 0 Å². The van der Waals surface area contributed by atoms with Gasteiger partial charge in [0.05, 0.1) is 11.6 Å². The molecule has 3 nitrogen and oxygen atoms in total. The zero-order chi connectivity index (χ0) is 13.9. The topological polar surface area (TPSA) is 42.2 Å². The van der Waals surface area contributed by atoms with Gasteiger partial charge in [0, 0.05) is 23.7 Å². The van der Waals surface area contributed by atoms with Crippen LogP contribution in [0.15, 0.2) is 29.2 Å². The maximum Gasteiger partial charge on any atom is 0.189 e. The van der Waals surface area contributed by atoms with Gasteiger partial charge in [0.1, 0.15) is 5.82 Å². The minimum absolute atomic E-state index is 0.0809. The molecule has 0 radical (unpaired) electrons. The number of nitrogens with zero attached hydrogens (tertiary/aromatic N) is 1. The highest BCUT2D eigenvalue weighted by Gasteiger charge is 2.31. The molecular formula is C16H16FNO2. The van der Waals surface area contributed by atoms with Crippen molar-refractivity contribution >= 4 is 10.9 Å². The van der Waals surface area contributed by atoms with Crippen molar-refractivity contribution in [3.8, 4) is 0 Å². The third-order valence-electron chi connectivity index (χ3n) is 4.54. The fourth-order valence-electron chi connectivity index (χ4n) is 3.13. The van der Waals surface area contributed by atoms with Crippen LogP contribution in [-0.4, -0.2) is 15.8 Å². The van der Waals surface area contributed by atoms with Crippen LogP contribution in [0.1, 0.15) is 43.2 Å². The standard InChI is InChI=1S/C16H16FNO2/c17-14-7-13-15(8-12(14)9-5-11(19)6-9)18(10-1-2-10)4-3-16(13)20/h3-4,7-11,19H,1-2,5-6H2. The average Bonchev–Trinajstić information content (AvgIpc) is 3.20. The van der Waals surface area contributed by atoms with Crippen molar-refractivity contribution < 1.29 is 9.50 Å². The number of halogens is 1. The summed E-state index contributed by atoms with van der Waals surface area (Å²) in [6.45, 7) is 0. The molecule has 2 aliphatic rings. The van der Waals surface area contributed by atoms with Crippen LogP contribution in [0.2, 0.25) is 0 Å². The van der Waals surface area contributed by atoms with Crippen molar-refractivity contribution in [2.24, 2.45) is 0 Å². The van der Waals surface area contributed by atoms with Gasteiger partial charge in [0.2, 0.25) is 0 Å². The van der Waals surface area contributed by atoms with E-state index < -0.39 is 0 Å². The Balaban J connectivity index is 1.92. The van der Waals surface area contributed by atoms with E-state index >= 15 is 0 Å². The number of hydrogen-bond acceptors (Lipinski definition) is 2. The number of aromatic nitrogens is 1. The Morgan fingerprint density at radius 2 is 2.00 bits per heavy atom. The lowest BCUT2D eigenvalue weighted by atomic mass is 9.77. The molecular weight excluding hydrogens is 257 g/mol. The highest BCUT2D eigenvalue weighted by molar-refractivity contribution is 5.80. The zero-order valence-corrected chi connectivity index (χ0v) is 11.1. The summed E-state index contributed by atoms with van der Waals surface area (Å²) in [7, 11) is 0. The molecule has 2 fully saturated rings. The van der Waals surface area contributed by atoms with E-state index in [1.807, 2.05) is 12.3 Å². The molecule has 104 valence electrons. The van der Waals surface area contributed by atoms with Gasteiger partial charge in [-0.1, -0.05) is 0 Å². The van der Waals surface area contributed by atoms with Crippen LogP contribution in [0.4, 0.5) is 4.39 Å². The molecule has 4 heteroatoms. The molecule has 2 aliphatic carbocycles. The molecule has 4 rings (SSSR count). The summed E-state index contributed by atoms with van der Waals surface area (Å²) in [6.07, 6.45) is 4.97. The Morgan fingerprint density at radius 1 is 1.25 bits per heavy atom. The highest BCUT2D eigenvalue weighted by Crippen LogP contribution is 2.41. The number of fused-ring (bicyclic) bond motifs is 1. The SMILES string of the molecule is O=c1ccn(C2CC2)c2cc(C3CC(O)C3)c(F)cc12. The smallest absolute Gasteiger partial charge is 0.189 e. The van der Waals surface area contributed by atoms with Crippen molar-refractivity contribution in [2.75, 3.05) is 0 Å². The van der Waals surface area contributed by atoms with Crippen molar-refractivity contribution in [3.63, 3.8) is 0 Å². The fourth-order valence-corrected chi connectivity index (χ4v) is 3.13. The van der Waals surface area contributed by atoms with Crippen LogP contribution in [0.3, 0.4) is 0 Å². The van der Waals surface area contributed by atoms with Crippen molar-refractivity contribution in [1.82, 2.24) is 4.57 Å². The molecule has 0 atom stereocenters. The van der Waals surface area contributed by atoms with Gasteiger partial charge in [0.15, 0.2) is 5.43 Å². The Morgan fingerprint density at radius 3 is 2.65 bits per heavy atom. The van der Waals surface area contributed by atoms with Crippen molar-refractivity contribution in [3.05, 3.63) is 46.0 Å². The first kappa shape index (κ1) is 12.1. The Labute approximate surface area is 115 Å². The molecule has 20 heavy (non-hydrogen) atoms. The second-order valence-corrected chi connectivity index (χ2v) is 6.03. The highest BCUT2D eigenvalue weighted by atomic mass is 19.1. The van der Waals surface area contributed by atoms with Gasteiger partial charge < -0.3 is 9.67 Å². The molecule has 2 aromatic rings. The van der Waals surface area contributed by atoms with Gasteiger partial charge in [-0.3, -0.25) is 4.79 Å². The van der Waals surface area contributed by atoms with Gasteiger partial charge >= 0.3 is 0 Å². The summed E-state index contributed by atoms with van der Waals surface area (Å²) in [4.78, 5) is 11.9. The molecule has 1 N–H and O–H groups in total. The molecule has 0 saturated heterocycles. The number of aliphatic hydroxyl groups is 1. The third-order valence-corrected chi connectivity index (χ3v) is 4.54. The molecule has 1 aromatic carbocycles. The molecule has 0 bridgehead atoms. The molecule has 1 aromatic heterocycles. The van der Waals surface area contributed by atoms with Crippen LogP contribution >= 0.6 is 0 Å². The van der Waals surface area contributed by atoms with Gasteiger partial charge in [0.25, 0.3) is 0 Å². The lowest BCUT2D eigenvalue weighted by Gasteiger charge is -2.32. The molecule has 2 saturated carbocycles. The first-order chi connectivity index (χ1) is 9.63. The maximum atomic E-state index is 14.2. The normalized spacial score (nSPS) is 25.7. The van der Waals surface area contributed by atoms with Gasteiger partial charge in [-0.25, -0.2) is 4.39 Å². The lowest BCUT2D eigenvalue weighted by Crippen LogP contribution is -2.27.